The lowest BCUT2D eigenvalue weighted by Crippen LogP contribution is -2.52. The lowest BCUT2D eigenvalue weighted by molar-refractivity contribution is -0.149. The molecule has 0 spiro atoms. The van der Waals surface area contributed by atoms with Gasteiger partial charge in [-0.25, -0.2) is 4.39 Å². The van der Waals surface area contributed by atoms with Gasteiger partial charge in [-0.3, -0.25) is 14.4 Å². The first-order valence-electron chi connectivity index (χ1n) is 9.31. The normalized spacial score (nSPS) is 18.5. The number of halogens is 2. The van der Waals surface area contributed by atoms with Crippen molar-refractivity contribution in [1.82, 2.24) is 5.32 Å². The smallest absolute Gasteiger partial charge is 0.268 e. The van der Waals surface area contributed by atoms with Crippen LogP contribution in [0.25, 0.3) is 0 Å². The molecule has 158 valence electrons. The molecule has 0 saturated carbocycles. The number of primary amides is 1. The number of hydrogen-bond acceptors (Lipinski definition) is 4. The monoisotopic (exact) mass is 525 g/mol. The maximum absolute atomic E-state index is 13.6. The molecule has 0 bridgehead atoms. The van der Waals surface area contributed by atoms with Gasteiger partial charge in [0.25, 0.3) is 11.8 Å². The molecule has 1 aliphatic heterocycles. The average molecular weight is 525 g/mol. The van der Waals surface area contributed by atoms with Crippen LogP contribution in [0.5, 0.6) is 0 Å². The molecule has 3 amide bonds. The van der Waals surface area contributed by atoms with Crippen LogP contribution in [-0.4, -0.2) is 41.5 Å². The summed E-state index contributed by atoms with van der Waals surface area (Å²) in [6, 6.07) is 10.7. The Morgan fingerprint density at radius 3 is 2.50 bits per heavy atom. The zero-order chi connectivity index (χ0) is 21.9. The van der Waals surface area contributed by atoms with Crippen molar-refractivity contribution in [2.45, 2.75) is 22.9 Å². The molecule has 2 aromatic rings. The van der Waals surface area contributed by atoms with E-state index in [1.165, 1.54) is 41.3 Å². The number of nitrogens with one attached hydrogen (secondary N) is 1. The van der Waals surface area contributed by atoms with E-state index >= 15 is 0 Å². The van der Waals surface area contributed by atoms with Crippen molar-refractivity contribution in [3.8, 4) is 0 Å². The number of hydrogen-bond donors (Lipinski definition) is 3. The summed E-state index contributed by atoms with van der Waals surface area (Å²) < 4.78 is 14.3. The highest BCUT2D eigenvalue weighted by molar-refractivity contribution is 14.1. The van der Waals surface area contributed by atoms with Crippen LogP contribution in [0, 0.1) is 5.82 Å². The fourth-order valence-electron chi connectivity index (χ4n) is 3.37. The van der Waals surface area contributed by atoms with E-state index < -0.39 is 23.3 Å². The molecule has 1 atom stereocenters. The predicted octanol–water partition coefficient (Wildman–Crippen LogP) is 1.69. The van der Waals surface area contributed by atoms with E-state index in [9.17, 15) is 23.9 Å². The Labute approximate surface area is 186 Å². The van der Waals surface area contributed by atoms with Gasteiger partial charge in [0.2, 0.25) is 11.5 Å². The molecule has 2 aromatic carbocycles. The molecule has 9 heteroatoms. The lowest BCUT2D eigenvalue weighted by atomic mass is 10.0. The molecule has 30 heavy (non-hydrogen) atoms. The highest BCUT2D eigenvalue weighted by Crippen LogP contribution is 2.29. The second-order valence-electron chi connectivity index (χ2n) is 7.09. The van der Waals surface area contributed by atoms with Gasteiger partial charge in [0.05, 0.1) is 0 Å². The van der Waals surface area contributed by atoms with E-state index in [4.69, 9.17) is 5.73 Å². The maximum Gasteiger partial charge on any atom is 0.268 e. The average Bonchev–Trinajstić information content (AvgIpc) is 3.03. The van der Waals surface area contributed by atoms with Crippen molar-refractivity contribution in [2.75, 3.05) is 18.0 Å². The van der Waals surface area contributed by atoms with Gasteiger partial charge in [-0.2, -0.15) is 0 Å². The summed E-state index contributed by atoms with van der Waals surface area (Å²) in [7, 11) is 0. The van der Waals surface area contributed by atoms with Crippen LogP contribution in [0.15, 0.2) is 42.5 Å². The van der Waals surface area contributed by atoms with Crippen molar-refractivity contribution in [2.24, 2.45) is 5.73 Å². The van der Waals surface area contributed by atoms with Crippen LogP contribution in [0.2, 0.25) is 0 Å². The molecule has 1 saturated heterocycles. The number of amides is 3. The van der Waals surface area contributed by atoms with Crippen molar-refractivity contribution in [3.05, 3.63) is 65.0 Å². The Morgan fingerprint density at radius 1 is 1.20 bits per heavy atom. The third kappa shape index (κ3) is 4.62. The number of aliphatic hydroxyl groups is 1. The predicted molar refractivity (Wildman–Crippen MR) is 118 cm³/mol. The molecule has 7 nitrogen and oxygen atoms in total. The molecule has 1 fully saturated rings. The van der Waals surface area contributed by atoms with E-state index in [2.05, 4.69) is 27.9 Å². The Morgan fingerprint density at radius 2 is 1.87 bits per heavy atom. The van der Waals surface area contributed by atoms with Gasteiger partial charge in [-0.05, 0) is 53.9 Å². The summed E-state index contributed by atoms with van der Waals surface area (Å²) in [4.78, 5) is 37.7. The summed E-state index contributed by atoms with van der Waals surface area (Å²) in [6.45, 7) is 0.313. The number of nitrogens with zero attached hydrogens (tertiary/aromatic N) is 1. The quantitative estimate of drug-likeness (QED) is 0.290. The molecule has 4 N–H and O–H groups in total. The molecule has 0 unspecified atom stereocenters. The number of alkyl halides is 1. The SMILES string of the molecule is NC(=O)c1ccc(N2CC[C@@](O)(C(=O)NCCc3cc(F)cc(CI)c3)C2=O)cc1. The lowest BCUT2D eigenvalue weighted by Gasteiger charge is -2.22. The fraction of sp³-hybridized carbons (Fsp3) is 0.286. The van der Waals surface area contributed by atoms with Crippen LogP contribution in [0.4, 0.5) is 10.1 Å². The highest BCUT2D eigenvalue weighted by Gasteiger charge is 2.51. The van der Waals surface area contributed by atoms with Crippen molar-refractivity contribution >= 4 is 46.0 Å². The molecular weight excluding hydrogens is 504 g/mol. The number of carbonyl (C=O) groups excluding carboxylic acids is 3. The maximum atomic E-state index is 13.6. The third-order valence-electron chi connectivity index (χ3n) is 5.01. The minimum absolute atomic E-state index is 0.0613. The minimum Gasteiger partial charge on any atom is -0.372 e. The van der Waals surface area contributed by atoms with Gasteiger partial charge < -0.3 is 21.1 Å². The van der Waals surface area contributed by atoms with Gasteiger partial charge >= 0.3 is 0 Å². The van der Waals surface area contributed by atoms with E-state index in [1.54, 1.807) is 0 Å². The molecule has 1 aliphatic rings. The topological polar surface area (TPSA) is 113 Å². The Bertz CT molecular complexity index is 983. The number of rotatable bonds is 7. The molecule has 1 heterocycles. The van der Waals surface area contributed by atoms with E-state index in [1.807, 2.05) is 6.07 Å². The molecule has 3 rings (SSSR count). The number of benzene rings is 2. The first kappa shape index (κ1) is 22.2. The zero-order valence-electron chi connectivity index (χ0n) is 16.0. The van der Waals surface area contributed by atoms with E-state index in [0.717, 1.165) is 11.1 Å². The minimum atomic E-state index is -2.17. The van der Waals surface area contributed by atoms with Gasteiger partial charge in [-0.1, -0.05) is 28.7 Å². The largest absolute Gasteiger partial charge is 0.372 e. The first-order valence-corrected chi connectivity index (χ1v) is 10.8. The van der Waals surface area contributed by atoms with Crippen LogP contribution in [0.1, 0.15) is 27.9 Å². The summed E-state index contributed by atoms with van der Waals surface area (Å²) in [5.41, 5.74) is 5.36. The standard InChI is InChI=1S/C21H21FIN3O4/c22-16-10-13(9-14(11-16)12-23)5-7-25-19(28)21(30)6-8-26(20(21)29)17-3-1-15(2-4-17)18(24)27/h1-4,9-11,30H,5-8,12H2,(H2,24,27)(H,25,28)/t21-/m1/s1. The second-order valence-corrected chi connectivity index (χ2v) is 7.85. The van der Waals surface area contributed by atoms with Crippen molar-refractivity contribution in [1.29, 1.82) is 0 Å². The number of carbonyl (C=O) groups is 3. The number of anilines is 1. The van der Waals surface area contributed by atoms with Crippen LogP contribution >= 0.6 is 22.6 Å². The molecule has 0 radical (unpaired) electrons. The Balaban J connectivity index is 1.62. The van der Waals surface area contributed by atoms with E-state index in [-0.39, 0.29) is 25.3 Å². The molecule has 0 aromatic heterocycles. The first-order chi connectivity index (χ1) is 14.2. The van der Waals surface area contributed by atoms with E-state index in [0.29, 0.717) is 22.1 Å². The van der Waals surface area contributed by atoms with Gasteiger partial charge in [-0.15, -0.1) is 0 Å². The Hall–Kier alpha value is -2.53. The third-order valence-corrected chi connectivity index (χ3v) is 5.89. The summed E-state index contributed by atoms with van der Waals surface area (Å²) in [6.07, 6.45) is 0.309. The molecular formula is C21H21FIN3O4. The van der Waals surface area contributed by atoms with Crippen LogP contribution < -0.4 is 16.0 Å². The summed E-state index contributed by atoms with van der Waals surface area (Å²) in [5, 5.41) is 13.3. The summed E-state index contributed by atoms with van der Waals surface area (Å²) >= 11 is 2.14. The van der Waals surface area contributed by atoms with Crippen LogP contribution in [0.3, 0.4) is 0 Å². The van der Waals surface area contributed by atoms with Crippen molar-refractivity contribution < 1.29 is 23.9 Å². The van der Waals surface area contributed by atoms with Crippen LogP contribution in [-0.2, 0) is 20.4 Å². The fourth-order valence-corrected chi connectivity index (χ4v) is 3.81. The van der Waals surface area contributed by atoms with Gasteiger partial charge in [0.15, 0.2) is 0 Å². The molecule has 0 aliphatic carbocycles. The van der Waals surface area contributed by atoms with Gasteiger partial charge in [0, 0.05) is 35.2 Å². The van der Waals surface area contributed by atoms with Gasteiger partial charge in [0.1, 0.15) is 5.82 Å². The summed E-state index contributed by atoms with van der Waals surface area (Å²) in [5.74, 6) is -2.44. The highest BCUT2D eigenvalue weighted by atomic mass is 127. The number of nitrogens with two attached hydrogens (primary N) is 1. The second kappa shape index (κ2) is 9.09. The zero-order valence-corrected chi connectivity index (χ0v) is 18.2. The van der Waals surface area contributed by atoms with Crippen molar-refractivity contribution in [3.63, 3.8) is 0 Å². The Kier molecular flexibility index (Phi) is 6.71.